The highest BCUT2D eigenvalue weighted by Crippen LogP contribution is 2.35. The van der Waals surface area contributed by atoms with Crippen LogP contribution < -0.4 is 0 Å². The number of ketones is 1. The van der Waals surface area contributed by atoms with Gasteiger partial charge in [-0.25, -0.2) is 0 Å². The van der Waals surface area contributed by atoms with Gasteiger partial charge in [-0.2, -0.15) is 0 Å². The molecule has 0 saturated carbocycles. The lowest BCUT2D eigenvalue weighted by Crippen LogP contribution is -2.22. The standard InChI is InChI=1S/C15H16O3/c1-3-18-15(17)13-9-12(10(2)14(13)16)11-7-5-4-6-8-11/h4-8,13H,3,9H2,1-2H3. The summed E-state index contributed by atoms with van der Waals surface area (Å²) in [6.45, 7) is 3.84. The van der Waals surface area contributed by atoms with Gasteiger partial charge in [0.15, 0.2) is 5.78 Å². The van der Waals surface area contributed by atoms with Crippen LogP contribution in [0.15, 0.2) is 35.9 Å². The second-order valence-corrected chi connectivity index (χ2v) is 4.34. The van der Waals surface area contributed by atoms with Crippen LogP contribution >= 0.6 is 0 Å². The highest BCUT2D eigenvalue weighted by molar-refractivity contribution is 6.16. The molecule has 1 aromatic rings. The van der Waals surface area contributed by atoms with Crippen LogP contribution in [0, 0.1) is 5.92 Å². The first kappa shape index (κ1) is 12.6. The van der Waals surface area contributed by atoms with E-state index in [1.165, 1.54) is 0 Å². The summed E-state index contributed by atoms with van der Waals surface area (Å²) in [5, 5.41) is 0. The maximum atomic E-state index is 12.0. The molecular weight excluding hydrogens is 228 g/mol. The molecule has 0 amide bonds. The fraction of sp³-hybridized carbons (Fsp3) is 0.333. The molecule has 1 aliphatic carbocycles. The van der Waals surface area contributed by atoms with E-state index in [1.54, 1.807) is 13.8 Å². The van der Waals surface area contributed by atoms with Gasteiger partial charge in [0.1, 0.15) is 5.92 Å². The zero-order valence-corrected chi connectivity index (χ0v) is 10.6. The fourth-order valence-corrected chi connectivity index (χ4v) is 2.27. The van der Waals surface area contributed by atoms with Crippen molar-refractivity contribution in [2.24, 2.45) is 5.92 Å². The largest absolute Gasteiger partial charge is 0.465 e. The molecule has 3 heteroatoms. The first-order valence-corrected chi connectivity index (χ1v) is 6.11. The molecule has 0 aromatic heterocycles. The second kappa shape index (κ2) is 5.17. The van der Waals surface area contributed by atoms with Crippen molar-refractivity contribution < 1.29 is 14.3 Å². The van der Waals surface area contributed by atoms with E-state index in [4.69, 9.17) is 4.74 Å². The Kier molecular flexibility index (Phi) is 3.60. The van der Waals surface area contributed by atoms with Gasteiger partial charge in [-0.15, -0.1) is 0 Å². The molecule has 1 atom stereocenters. The maximum absolute atomic E-state index is 12.0. The highest BCUT2D eigenvalue weighted by Gasteiger charge is 2.37. The van der Waals surface area contributed by atoms with Crippen molar-refractivity contribution in [2.75, 3.05) is 6.61 Å². The van der Waals surface area contributed by atoms with Gasteiger partial charge < -0.3 is 4.74 Å². The van der Waals surface area contributed by atoms with Crippen molar-refractivity contribution in [1.82, 2.24) is 0 Å². The molecule has 3 nitrogen and oxygen atoms in total. The SMILES string of the molecule is CCOC(=O)C1CC(c2ccccc2)=C(C)C1=O. The normalized spacial score (nSPS) is 19.2. The second-order valence-electron chi connectivity index (χ2n) is 4.34. The predicted octanol–water partition coefficient (Wildman–Crippen LogP) is 2.61. The van der Waals surface area contributed by atoms with Crippen molar-refractivity contribution >= 4 is 17.3 Å². The lowest BCUT2D eigenvalue weighted by molar-refractivity contribution is -0.150. The Morgan fingerprint density at radius 3 is 2.61 bits per heavy atom. The molecule has 2 rings (SSSR count). The molecule has 1 unspecified atom stereocenters. The molecule has 0 radical (unpaired) electrons. The van der Waals surface area contributed by atoms with Gasteiger partial charge in [-0.05, 0) is 37.0 Å². The van der Waals surface area contributed by atoms with Gasteiger partial charge in [0.2, 0.25) is 0 Å². The van der Waals surface area contributed by atoms with Crippen LogP contribution in [0.3, 0.4) is 0 Å². The van der Waals surface area contributed by atoms with Crippen LogP contribution in [-0.4, -0.2) is 18.4 Å². The lowest BCUT2D eigenvalue weighted by atomic mass is 10.0. The number of benzene rings is 1. The quantitative estimate of drug-likeness (QED) is 0.606. The number of carbonyl (C=O) groups is 2. The first-order valence-electron chi connectivity index (χ1n) is 6.11. The number of esters is 1. The van der Waals surface area contributed by atoms with Gasteiger partial charge in [0.25, 0.3) is 0 Å². The van der Waals surface area contributed by atoms with Gasteiger partial charge in [0, 0.05) is 0 Å². The van der Waals surface area contributed by atoms with Crippen molar-refractivity contribution in [3.05, 3.63) is 41.5 Å². The number of hydrogen-bond donors (Lipinski definition) is 0. The van der Waals surface area contributed by atoms with Gasteiger partial charge in [0.05, 0.1) is 6.61 Å². The Morgan fingerprint density at radius 1 is 1.33 bits per heavy atom. The molecule has 0 fully saturated rings. The summed E-state index contributed by atoms with van der Waals surface area (Å²) < 4.78 is 4.94. The Labute approximate surface area is 106 Å². The molecule has 1 aliphatic rings. The molecule has 0 bridgehead atoms. The van der Waals surface area contributed by atoms with E-state index >= 15 is 0 Å². The molecule has 0 heterocycles. The van der Waals surface area contributed by atoms with Gasteiger partial charge in [-0.3, -0.25) is 9.59 Å². The number of rotatable bonds is 3. The van der Waals surface area contributed by atoms with Crippen LogP contribution in [0.5, 0.6) is 0 Å². The number of hydrogen-bond acceptors (Lipinski definition) is 3. The smallest absolute Gasteiger partial charge is 0.317 e. The van der Waals surface area contributed by atoms with E-state index in [0.29, 0.717) is 18.6 Å². The molecule has 18 heavy (non-hydrogen) atoms. The van der Waals surface area contributed by atoms with Crippen LogP contribution in [-0.2, 0) is 14.3 Å². The number of allylic oxidation sites excluding steroid dienone is 2. The molecule has 0 saturated heterocycles. The molecular formula is C15H16O3. The molecule has 1 aromatic carbocycles. The van der Waals surface area contributed by atoms with Crippen molar-refractivity contribution in [3.63, 3.8) is 0 Å². The van der Waals surface area contributed by atoms with Crippen LogP contribution in [0.2, 0.25) is 0 Å². The van der Waals surface area contributed by atoms with Gasteiger partial charge >= 0.3 is 5.97 Å². The summed E-state index contributed by atoms with van der Waals surface area (Å²) >= 11 is 0. The number of ether oxygens (including phenoxy) is 1. The van der Waals surface area contributed by atoms with E-state index in [9.17, 15) is 9.59 Å². The third kappa shape index (κ3) is 2.21. The van der Waals surface area contributed by atoms with E-state index in [-0.39, 0.29) is 5.78 Å². The number of carbonyl (C=O) groups excluding carboxylic acids is 2. The fourth-order valence-electron chi connectivity index (χ4n) is 2.27. The molecule has 0 spiro atoms. The Hall–Kier alpha value is -1.90. The minimum atomic E-state index is -0.653. The minimum absolute atomic E-state index is 0.104. The highest BCUT2D eigenvalue weighted by atomic mass is 16.5. The van der Waals surface area contributed by atoms with E-state index in [1.807, 2.05) is 30.3 Å². The topological polar surface area (TPSA) is 43.4 Å². The third-order valence-electron chi connectivity index (χ3n) is 3.24. The summed E-state index contributed by atoms with van der Waals surface area (Å²) in [5.41, 5.74) is 2.65. The zero-order valence-electron chi connectivity index (χ0n) is 10.6. The monoisotopic (exact) mass is 244 g/mol. The maximum Gasteiger partial charge on any atom is 0.317 e. The summed E-state index contributed by atoms with van der Waals surface area (Å²) in [5.74, 6) is -1.17. The van der Waals surface area contributed by atoms with Gasteiger partial charge in [-0.1, -0.05) is 30.3 Å². The predicted molar refractivity (Wildman–Crippen MR) is 68.8 cm³/mol. The van der Waals surface area contributed by atoms with Crippen LogP contribution in [0.1, 0.15) is 25.8 Å². The van der Waals surface area contributed by atoms with E-state index in [0.717, 1.165) is 11.1 Å². The molecule has 0 aliphatic heterocycles. The zero-order chi connectivity index (χ0) is 13.1. The lowest BCUT2D eigenvalue weighted by Gasteiger charge is -2.08. The van der Waals surface area contributed by atoms with Crippen LogP contribution in [0.25, 0.3) is 5.57 Å². The molecule has 94 valence electrons. The Morgan fingerprint density at radius 2 is 2.00 bits per heavy atom. The Balaban J connectivity index is 2.25. The summed E-state index contributed by atoms with van der Waals surface area (Å²) in [6.07, 6.45) is 0.452. The van der Waals surface area contributed by atoms with Crippen molar-refractivity contribution in [2.45, 2.75) is 20.3 Å². The van der Waals surface area contributed by atoms with E-state index < -0.39 is 11.9 Å². The average Bonchev–Trinajstić information content (AvgIpc) is 2.68. The Bertz CT molecular complexity index is 500. The van der Waals surface area contributed by atoms with Crippen molar-refractivity contribution in [1.29, 1.82) is 0 Å². The van der Waals surface area contributed by atoms with Crippen molar-refractivity contribution in [3.8, 4) is 0 Å². The average molecular weight is 244 g/mol. The van der Waals surface area contributed by atoms with Crippen LogP contribution in [0.4, 0.5) is 0 Å². The minimum Gasteiger partial charge on any atom is -0.465 e. The number of Topliss-reactive ketones (excluding diaryl/α,β-unsaturated/α-hetero) is 1. The summed E-state index contributed by atoms with van der Waals surface area (Å²) in [6, 6.07) is 9.70. The summed E-state index contributed by atoms with van der Waals surface area (Å²) in [7, 11) is 0. The molecule has 0 N–H and O–H groups in total. The third-order valence-corrected chi connectivity index (χ3v) is 3.24. The van der Waals surface area contributed by atoms with E-state index in [2.05, 4.69) is 0 Å². The first-order chi connectivity index (χ1) is 8.65. The summed E-state index contributed by atoms with van der Waals surface area (Å²) in [4.78, 5) is 23.8.